The lowest BCUT2D eigenvalue weighted by molar-refractivity contribution is 0.0923. The molecule has 1 atom stereocenters. The minimum atomic E-state index is -0.141. The number of fused-ring (bicyclic) bond motifs is 1. The van der Waals surface area contributed by atoms with Gasteiger partial charge >= 0.3 is 0 Å². The minimum Gasteiger partial charge on any atom is -0.382 e. The molecule has 2 aliphatic heterocycles. The number of carbonyl (C=O) groups excluding carboxylic acids is 1. The van der Waals surface area contributed by atoms with Gasteiger partial charge in [0.25, 0.3) is 5.91 Å². The van der Waals surface area contributed by atoms with Crippen LogP contribution < -0.4 is 16.0 Å². The van der Waals surface area contributed by atoms with Crippen molar-refractivity contribution in [3.63, 3.8) is 0 Å². The third kappa shape index (κ3) is 3.49. The van der Waals surface area contributed by atoms with Crippen LogP contribution in [0.5, 0.6) is 0 Å². The minimum absolute atomic E-state index is 0.141. The fourth-order valence-electron chi connectivity index (χ4n) is 3.54. The smallest absolute Gasteiger partial charge is 0.272 e. The summed E-state index contributed by atoms with van der Waals surface area (Å²) < 4.78 is 0. The van der Waals surface area contributed by atoms with Crippen LogP contribution >= 0.6 is 0 Å². The van der Waals surface area contributed by atoms with Gasteiger partial charge in [-0.15, -0.1) is 10.2 Å². The Balaban J connectivity index is 1.46. The van der Waals surface area contributed by atoms with E-state index in [1.54, 1.807) is 6.07 Å². The van der Waals surface area contributed by atoms with Crippen molar-refractivity contribution in [2.75, 3.05) is 18.4 Å². The zero-order chi connectivity index (χ0) is 17.2. The highest BCUT2D eigenvalue weighted by Gasteiger charge is 2.19. The highest BCUT2D eigenvalue weighted by molar-refractivity contribution is 5.92. The van der Waals surface area contributed by atoms with E-state index in [0.717, 1.165) is 43.6 Å². The van der Waals surface area contributed by atoms with Crippen molar-refractivity contribution in [1.82, 2.24) is 20.8 Å². The van der Waals surface area contributed by atoms with Gasteiger partial charge in [0.15, 0.2) is 5.69 Å². The molecule has 0 bridgehead atoms. The van der Waals surface area contributed by atoms with Crippen LogP contribution in [0.1, 0.15) is 35.8 Å². The third-order valence-corrected chi connectivity index (χ3v) is 4.90. The second-order valence-electron chi connectivity index (χ2n) is 6.92. The number of benzene rings is 1. The topological polar surface area (TPSA) is 78.9 Å². The molecule has 0 spiro atoms. The Hall–Kier alpha value is -2.47. The fraction of sp³-hybridized carbons (Fsp3) is 0.421. The second-order valence-corrected chi connectivity index (χ2v) is 6.92. The van der Waals surface area contributed by atoms with Crippen LogP contribution in [0.3, 0.4) is 0 Å². The number of nitrogens with zero attached hydrogens (tertiary/aromatic N) is 2. The summed E-state index contributed by atoms with van der Waals surface area (Å²) in [6, 6.07) is 10.6. The normalized spacial score (nSPS) is 20.0. The lowest BCUT2D eigenvalue weighted by Gasteiger charge is -2.23. The standard InChI is InChI=1S/C19H23N5O/c1-12-10-14-11-13(2-3-16(14)21-12)17-4-5-18(24-23-17)19(25)22-15-6-8-20-9-7-15/h2-5,11-12,15,20-21H,6-10H2,1H3,(H,22,25)/t12-/m0/s1. The summed E-state index contributed by atoms with van der Waals surface area (Å²) in [4.78, 5) is 12.3. The summed E-state index contributed by atoms with van der Waals surface area (Å²) >= 11 is 0. The maximum atomic E-state index is 12.3. The van der Waals surface area contributed by atoms with Crippen LogP contribution in [0.15, 0.2) is 30.3 Å². The lowest BCUT2D eigenvalue weighted by atomic mass is 10.0. The van der Waals surface area contributed by atoms with Gasteiger partial charge in [-0.1, -0.05) is 6.07 Å². The number of rotatable bonds is 3. The van der Waals surface area contributed by atoms with Crippen LogP contribution in [0.25, 0.3) is 11.3 Å². The van der Waals surface area contributed by atoms with E-state index in [1.165, 1.54) is 11.3 Å². The number of nitrogens with one attached hydrogen (secondary N) is 3. The molecule has 0 aliphatic carbocycles. The summed E-state index contributed by atoms with van der Waals surface area (Å²) in [5.41, 5.74) is 4.70. The number of amides is 1. The van der Waals surface area contributed by atoms with Gasteiger partial charge in [0.2, 0.25) is 0 Å². The van der Waals surface area contributed by atoms with E-state index < -0.39 is 0 Å². The molecule has 0 radical (unpaired) electrons. The van der Waals surface area contributed by atoms with Crippen LogP contribution in [0.2, 0.25) is 0 Å². The van der Waals surface area contributed by atoms with Gasteiger partial charge in [0.1, 0.15) is 0 Å². The van der Waals surface area contributed by atoms with Crippen molar-refractivity contribution < 1.29 is 4.79 Å². The van der Waals surface area contributed by atoms with E-state index in [0.29, 0.717) is 11.7 Å². The first-order chi connectivity index (χ1) is 12.2. The number of aromatic nitrogens is 2. The molecule has 4 rings (SSSR count). The van der Waals surface area contributed by atoms with E-state index in [-0.39, 0.29) is 11.9 Å². The number of hydrogen-bond acceptors (Lipinski definition) is 5. The molecule has 25 heavy (non-hydrogen) atoms. The van der Waals surface area contributed by atoms with Crippen LogP contribution in [0.4, 0.5) is 5.69 Å². The van der Waals surface area contributed by atoms with Crippen molar-refractivity contribution in [1.29, 1.82) is 0 Å². The monoisotopic (exact) mass is 337 g/mol. The molecule has 6 heteroatoms. The first-order valence-corrected chi connectivity index (χ1v) is 8.94. The Labute approximate surface area is 147 Å². The predicted octanol–water partition coefficient (Wildman–Crippen LogP) is 1.98. The summed E-state index contributed by atoms with van der Waals surface area (Å²) in [6.07, 6.45) is 2.94. The molecule has 1 fully saturated rings. The van der Waals surface area contributed by atoms with E-state index in [1.807, 2.05) is 12.1 Å². The Morgan fingerprint density at radius 3 is 2.76 bits per heavy atom. The molecule has 2 aromatic rings. The molecule has 1 aromatic carbocycles. The molecule has 2 aliphatic rings. The molecule has 1 saturated heterocycles. The number of anilines is 1. The maximum Gasteiger partial charge on any atom is 0.272 e. The number of hydrogen-bond donors (Lipinski definition) is 3. The van der Waals surface area contributed by atoms with Crippen LogP contribution in [-0.2, 0) is 6.42 Å². The van der Waals surface area contributed by atoms with E-state index in [2.05, 4.69) is 45.2 Å². The van der Waals surface area contributed by atoms with Gasteiger partial charge in [0.05, 0.1) is 5.69 Å². The van der Waals surface area contributed by atoms with E-state index in [9.17, 15) is 4.79 Å². The summed E-state index contributed by atoms with van der Waals surface area (Å²) in [7, 11) is 0. The zero-order valence-corrected chi connectivity index (χ0v) is 14.4. The first kappa shape index (κ1) is 16.0. The average Bonchev–Trinajstić information content (AvgIpc) is 3.02. The second kappa shape index (κ2) is 6.80. The summed E-state index contributed by atoms with van der Waals surface area (Å²) in [5.74, 6) is -0.141. The largest absolute Gasteiger partial charge is 0.382 e. The molecular weight excluding hydrogens is 314 g/mol. The van der Waals surface area contributed by atoms with Crippen LogP contribution in [0, 0.1) is 0 Å². The maximum absolute atomic E-state index is 12.3. The lowest BCUT2D eigenvalue weighted by Crippen LogP contribution is -2.42. The molecule has 0 saturated carbocycles. The highest BCUT2D eigenvalue weighted by Crippen LogP contribution is 2.29. The Morgan fingerprint density at radius 1 is 1.16 bits per heavy atom. The zero-order valence-electron chi connectivity index (χ0n) is 14.4. The number of piperidine rings is 1. The molecule has 130 valence electrons. The SMILES string of the molecule is C[C@H]1Cc2cc(-c3ccc(C(=O)NC4CCNCC4)nn3)ccc2N1. The van der Waals surface area contributed by atoms with E-state index >= 15 is 0 Å². The molecule has 3 heterocycles. The van der Waals surface area contributed by atoms with Gasteiger partial charge in [-0.05, 0) is 69.1 Å². The Morgan fingerprint density at radius 2 is 2.00 bits per heavy atom. The first-order valence-electron chi connectivity index (χ1n) is 8.94. The van der Waals surface area contributed by atoms with Gasteiger partial charge in [-0.3, -0.25) is 4.79 Å². The molecule has 0 unspecified atom stereocenters. The van der Waals surface area contributed by atoms with E-state index in [4.69, 9.17) is 0 Å². The third-order valence-electron chi connectivity index (χ3n) is 4.90. The molecular formula is C19H23N5O. The molecule has 1 aromatic heterocycles. The van der Waals surface area contributed by atoms with Gasteiger partial charge in [0, 0.05) is 23.3 Å². The number of carbonyl (C=O) groups is 1. The quantitative estimate of drug-likeness (QED) is 0.798. The van der Waals surface area contributed by atoms with Crippen molar-refractivity contribution in [2.24, 2.45) is 0 Å². The van der Waals surface area contributed by atoms with Crippen LogP contribution in [-0.4, -0.2) is 41.3 Å². The van der Waals surface area contributed by atoms with Crippen molar-refractivity contribution in [2.45, 2.75) is 38.3 Å². The molecule has 6 nitrogen and oxygen atoms in total. The average molecular weight is 337 g/mol. The molecule has 3 N–H and O–H groups in total. The summed E-state index contributed by atoms with van der Waals surface area (Å²) in [5, 5.41) is 18.2. The Kier molecular flexibility index (Phi) is 4.36. The highest BCUT2D eigenvalue weighted by atomic mass is 16.2. The van der Waals surface area contributed by atoms with Gasteiger partial charge < -0.3 is 16.0 Å². The summed E-state index contributed by atoms with van der Waals surface area (Å²) in [6.45, 7) is 4.07. The fourth-order valence-corrected chi connectivity index (χ4v) is 3.54. The Bertz CT molecular complexity index is 768. The van der Waals surface area contributed by atoms with Gasteiger partial charge in [-0.2, -0.15) is 0 Å². The molecule has 1 amide bonds. The van der Waals surface area contributed by atoms with Crippen molar-refractivity contribution in [3.05, 3.63) is 41.6 Å². The predicted molar refractivity (Wildman–Crippen MR) is 97.6 cm³/mol. The van der Waals surface area contributed by atoms with Crippen molar-refractivity contribution >= 4 is 11.6 Å². The van der Waals surface area contributed by atoms with Gasteiger partial charge in [-0.25, -0.2) is 0 Å². The van der Waals surface area contributed by atoms with Crippen molar-refractivity contribution in [3.8, 4) is 11.3 Å².